The standard InChI is InChI=1S/C18H14ClN3/c1-2-12-5-3-4-6-17(12)22-11-21-16-10-20-15-8-7-13(19)9-14(15)18(16)22/h3-11H,2H2,1H3. The predicted molar refractivity (Wildman–Crippen MR) is 90.8 cm³/mol. The van der Waals surface area contributed by atoms with E-state index in [0.717, 1.165) is 34.0 Å². The van der Waals surface area contributed by atoms with Crippen molar-refractivity contribution in [3.05, 3.63) is 65.6 Å². The van der Waals surface area contributed by atoms with Crippen LogP contribution in [0.4, 0.5) is 0 Å². The second-order valence-electron chi connectivity index (χ2n) is 5.25. The molecule has 4 rings (SSSR count). The summed E-state index contributed by atoms with van der Waals surface area (Å²) in [5.41, 5.74) is 5.29. The van der Waals surface area contributed by atoms with Gasteiger partial charge in [0.25, 0.3) is 0 Å². The fraction of sp³-hybridized carbons (Fsp3) is 0.111. The van der Waals surface area contributed by atoms with Crippen molar-refractivity contribution in [2.45, 2.75) is 13.3 Å². The van der Waals surface area contributed by atoms with Crippen molar-refractivity contribution < 1.29 is 0 Å². The molecule has 0 aliphatic rings. The van der Waals surface area contributed by atoms with E-state index < -0.39 is 0 Å². The van der Waals surface area contributed by atoms with E-state index in [4.69, 9.17) is 11.6 Å². The molecule has 0 unspecified atom stereocenters. The molecule has 108 valence electrons. The van der Waals surface area contributed by atoms with Crippen molar-refractivity contribution in [3.63, 3.8) is 0 Å². The summed E-state index contributed by atoms with van der Waals surface area (Å²) in [6.07, 6.45) is 4.65. The van der Waals surface area contributed by atoms with Crippen molar-refractivity contribution in [3.8, 4) is 5.69 Å². The van der Waals surface area contributed by atoms with Gasteiger partial charge in [-0.3, -0.25) is 9.55 Å². The molecule has 0 N–H and O–H groups in total. The van der Waals surface area contributed by atoms with Crippen LogP contribution in [0.25, 0.3) is 27.6 Å². The lowest BCUT2D eigenvalue weighted by molar-refractivity contribution is 1.03. The van der Waals surface area contributed by atoms with Crippen LogP contribution in [0.1, 0.15) is 12.5 Å². The van der Waals surface area contributed by atoms with Crippen molar-refractivity contribution in [2.24, 2.45) is 0 Å². The Labute approximate surface area is 133 Å². The summed E-state index contributed by atoms with van der Waals surface area (Å²) in [6.45, 7) is 2.16. The predicted octanol–water partition coefficient (Wildman–Crippen LogP) is 4.79. The Hall–Kier alpha value is -2.39. The molecule has 3 nitrogen and oxygen atoms in total. The summed E-state index contributed by atoms with van der Waals surface area (Å²) in [4.78, 5) is 8.97. The van der Waals surface area contributed by atoms with Crippen LogP contribution in [0, 0.1) is 0 Å². The van der Waals surface area contributed by atoms with Gasteiger partial charge in [0.15, 0.2) is 0 Å². The number of nitrogens with zero attached hydrogens (tertiary/aromatic N) is 3. The molecule has 0 fully saturated rings. The summed E-state index contributed by atoms with van der Waals surface area (Å²) in [6, 6.07) is 14.2. The maximum atomic E-state index is 6.19. The molecule has 22 heavy (non-hydrogen) atoms. The monoisotopic (exact) mass is 307 g/mol. The van der Waals surface area contributed by atoms with E-state index in [-0.39, 0.29) is 0 Å². The Morgan fingerprint density at radius 3 is 2.77 bits per heavy atom. The first-order chi connectivity index (χ1) is 10.8. The van der Waals surface area contributed by atoms with Gasteiger partial charge in [0.05, 0.1) is 22.9 Å². The summed E-state index contributed by atoms with van der Waals surface area (Å²) < 4.78 is 2.13. The van der Waals surface area contributed by atoms with Crippen LogP contribution in [0.5, 0.6) is 0 Å². The van der Waals surface area contributed by atoms with E-state index in [1.165, 1.54) is 5.56 Å². The Morgan fingerprint density at radius 2 is 1.91 bits per heavy atom. The van der Waals surface area contributed by atoms with Gasteiger partial charge in [-0.2, -0.15) is 0 Å². The molecule has 0 saturated heterocycles. The Bertz CT molecular complexity index is 988. The zero-order valence-electron chi connectivity index (χ0n) is 12.1. The third-order valence-electron chi connectivity index (χ3n) is 3.97. The Kier molecular flexibility index (Phi) is 3.09. The number of hydrogen-bond donors (Lipinski definition) is 0. The van der Waals surface area contributed by atoms with E-state index in [9.17, 15) is 0 Å². The highest BCUT2D eigenvalue weighted by Crippen LogP contribution is 2.28. The molecule has 2 heterocycles. The molecule has 0 aliphatic carbocycles. The fourth-order valence-corrected chi connectivity index (χ4v) is 3.07. The van der Waals surface area contributed by atoms with Crippen LogP contribution in [-0.2, 0) is 6.42 Å². The van der Waals surface area contributed by atoms with Crippen molar-refractivity contribution in [1.29, 1.82) is 0 Å². The summed E-state index contributed by atoms with van der Waals surface area (Å²) in [7, 11) is 0. The van der Waals surface area contributed by atoms with Gasteiger partial charge in [-0.25, -0.2) is 4.98 Å². The van der Waals surface area contributed by atoms with Crippen LogP contribution in [-0.4, -0.2) is 14.5 Å². The molecule has 0 amide bonds. The van der Waals surface area contributed by atoms with Gasteiger partial charge in [0.1, 0.15) is 11.8 Å². The van der Waals surface area contributed by atoms with Gasteiger partial charge in [-0.1, -0.05) is 36.7 Å². The first-order valence-corrected chi connectivity index (χ1v) is 7.65. The van der Waals surface area contributed by atoms with Gasteiger partial charge in [0.2, 0.25) is 0 Å². The van der Waals surface area contributed by atoms with Gasteiger partial charge in [-0.15, -0.1) is 0 Å². The highest BCUT2D eigenvalue weighted by atomic mass is 35.5. The highest BCUT2D eigenvalue weighted by molar-refractivity contribution is 6.31. The average molecular weight is 308 g/mol. The van der Waals surface area contributed by atoms with Gasteiger partial charge >= 0.3 is 0 Å². The number of pyridine rings is 1. The van der Waals surface area contributed by atoms with E-state index in [1.54, 1.807) is 0 Å². The van der Waals surface area contributed by atoms with E-state index in [0.29, 0.717) is 5.02 Å². The third-order valence-corrected chi connectivity index (χ3v) is 4.20. The van der Waals surface area contributed by atoms with Crippen LogP contribution in [0.15, 0.2) is 55.0 Å². The third kappa shape index (κ3) is 1.97. The quantitative estimate of drug-likeness (QED) is 0.533. The molecule has 0 saturated carbocycles. The number of para-hydroxylation sites is 1. The number of hydrogen-bond acceptors (Lipinski definition) is 2. The van der Waals surface area contributed by atoms with Crippen molar-refractivity contribution >= 4 is 33.5 Å². The molecule has 4 aromatic rings. The molecule has 0 bridgehead atoms. The maximum Gasteiger partial charge on any atom is 0.108 e. The minimum absolute atomic E-state index is 0.707. The van der Waals surface area contributed by atoms with Gasteiger partial charge < -0.3 is 0 Å². The number of rotatable bonds is 2. The summed E-state index contributed by atoms with van der Waals surface area (Å²) >= 11 is 6.19. The zero-order valence-corrected chi connectivity index (χ0v) is 12.9. The number of benzene rings is 2. The largest absolute Gasteiger partial charge is 0.298 e. The number of halogens is 1. The number of imidazole rings is 1. The van der Waals surface area contributed by atoms with Crippen molar-refractivity contribution in [1.82, 2.24) is 14.5 Å². The molecular weight excluding hydrogens is 294 g/mol. The number of aromatic nitrogens is 3. The Balaban J connectivity index is 2.13. The van der Waals surface area contributed by atoms with Gasteiger partial charge in [-0.05, 0) is 36.2 Å². The topological polar surface area (TPSA) is 30.7 Å². The Morgan fingerprint density at radius 1 is 1.05 bits per heavy atom. The van der Waals surface area contributed by atoms with Crippen LogP contribution >= 0.6 is 11.6 Å². The molecule has 0 aliphatic heterocycles. The van der Waals surface area contributed by atoms with Crippen LogP contribution < -0.4 is 0 Å². The first kappa shape index (κ1) is 13.3. The van der Waals surface area contributed by atoms with E-state index in [2.05, 4.69) is 45.7 Å². The van der Waals surface area contributed by atoms with Crippen LogP contribution in [0.2, 0.25) is 5.02 Å². The SMILES string of the molecule is CCc1ccccc1-n1cnc2cnc3ccc(Cl)cc3c21. The maximum absolute atomic E-state index is 6.19. The van der Waals surface area contributed by atoms with E-state index in [1.807, 2.05) is 30.7 Å². The first-order valence-electron chi connectivity index (χ1n) is 7.27. The van der Waals surface area contributed by atoms with Gasteiger partial charge in [0, 0.05) is 10.4 Å². The molecule has 0 radical (unpaired) electrons. The smallest absolute Gasteiger partial charge is 0.108 e. The molecule has 0 atom stereocenters. The zero-order chi connectivity index (χ0) is 15.1. The molecule has 2 aromatic carbocycles. The lowest BCUT2D eigenvalue weighted by Crippen LogP contribution is -1.98. The second-order valence-corrected chi connectivity index (χ2v) is 5.69. The normalized spacial score (nSPS) is 11.4. The lowest BCUT2D eigenvalue weighted by atomic mass is 10.1. The average Bonchev–Trinajstić information content (AvgIpc) is 2.99. The molecule has 4 heteroatoms. The summed E-state index contributed by atoms with van der Waals surface area (Å²) in [5, 5.41) is 1.73. The molecular formula is C18H14ClN3. The lowest BCUT2D eigenvalue weighted by Gasteiger charge is -2.11. The number of aryl methyl sites for hydroxylation is 1. The molecule has 2 aromatic heterocycles. The van der Waals surface area contributed by atoms with Crippen molar-refractivity contribution in [2.75, 3.05) is 0 Å². The fourth-order valence-electron chi connectivity index (χ4n) is 2.89. The minimum Gasteiger partial charge on any atom is -0.298 e. The highest BCUT2D eigenvalue weighted by Gasteiger charge is 2.12. The number of fused-ring (bicyclic) bond motifs is 3. The minimum atomic E-state index is 0.707. The van der Waals surface area contributed by atoms with E-state index >= 15 is 0 Å². The van der Waals surface area contributed by atoms with Crippen LogP contribution in [0.3, 0.4) is 0 Å². The summed E-state index contributed by atoms with van der Waals surface area (Å²) in [5.74, 6) is 0. The molecule has 0 spiro atoms. The second kappa shape index (κ2) is 5.11.